The predicted molar refractivity (Wildman–Crippen MR) is 139 cm³/mol. The minimum absolute atomic E-state index is 0.0548. The lowest BCUT2D eigenvalue weighted by Gasteiger charge is -2.29. The molecule has 0 saturated heterocycles. The first-order valence-electron chi connectivity index (χ1n) is 12.9. The van der Waals surface area contributed by atoms with Gasteiger partial charge in [0, 0.05) is 23.4 Å². The van der Waals surface area contributed by atoms with E-state index in [0.29, 0.717) is 37.1 Å². The van der Waals surface area contributed by atoms with E-state index in [9.17, 15) is 17.6 Å². The minimum Gasteiger partial charge on any atom is -0.474 e. The molecule has 5 rings (SSSR count). The van der Waals surface area contributed by atoms with Crippen LogP contribution in [-0.4, -0.2) is 31.5 Å². The van der Waals surface area contributed by atoms with Crippen LogP contribution in [0, 0.1) is 11.7 Å². The maximum atomic E-state index is 13.2. The first-order chi connectivity index (χ1) is 17.8. The smallest absolute Gasteiger partial charge is 0.240 e. The molecule has 0 unspecified atom stereocenters. The van der Waals surface area contributed by atoms with Gasteiger partial charge in [-0.1, -0.05) is 12.1 Å². The number of hydrogen-bond donors (Lipinski definition) is 2. The molecule has 2 aromatic carbocycles. The van der Waals surface area contributed by atoms with Crippen molar-refractivity contribution in [3.8, 4) is 5.88 Å². The molecule has 2 N–H and O–H groups in total. The highest BCUT2D eigenvalue weighted by Gasteiger charge is 2.30. The molecule has 0 aliphatic heterocycles. The van der Waals surface area contributed by atoms with Gasteiger partial charge in [0.2, 0.25) is 21.8 Å². The number of carbonyl (C=O) groups excluding carboxylic acids is 1. The highest BCUT2D eigenvalue weighted by molar-refractivity contribution is 7.89. The van der Waals surface area contributed by atoms with Gasteiger partial charge in [-0.25, -0.2) is 22.5 Å². The highest BCUT2D eigenvalue weighted by atomic mass is 32.2. The first-order valence-corrected chi connectivity index (χ1v) is 14.4. The first kappa shape index (κ1) is 25.6. The Kier molecular flexibility index (Phi) is 7.44. The summed E-state index contributed by atoms with van der Waals surface area (Å²) in [5.74, 6) is 0.0257. The molecule has 0 spiro atoms. The van der Waals surface area contributed by atoms with Crippen molar-refractivity contribution in [1.82, 2.24) is 15.0 Å². The van der Waals surface area contributed by atoms with Gasteiger partial charge in [0.05, 0.1) is 16.5 Å². The number of hydrogen-bond acceptors (Lipinski definition) is 5. The Labute approximate surface area is 216 Å². The van der Waals surface area contributed by atoms with Crippen LogP contribution in [0.15, 0.2) is 59.5 Å². The summed E-state index contributed by atoms with van der Waals surface area (Å²) >= 11 is 0. The van der Waals surface area contributed by atoms with Crippen LogP contribution in [0.4, 0.5) is 4.39 Å². The van der Waals surface area contributed by atoms with E-state index in [1.165, 1.54) is 18.6 Å². The summed E-state index contributed by atoms with van der Waals surface area (Å²) in [6, 6.07) is 14.2. The van der Waals surface area contributed by atoms with Gasteiger partial charge in [-0.3, -0.25) is 4.79 Å². The molecule has 1 heterocycles. The molecule has 1 amide bonds. The zero-order chi connectivity index (χ0) is 26.0. The second-order valence-corrected chi connectivity index (χ2v) is 11.8. The fraction of sp³-hybridized carbons (Fsp3) is 0.429. The van der Waals surface area contributed by atoms with Gasteiger partial charge in [0.25, 0.3) is 0 Å². The Morgan fingerprint density at radius 2 is 1.73 bits per heavy atom. The van der Waals surface area contributed by atoms with E-state index in [4.69, 9.17) is 4.74 Å². The zero-order valence-corrected chi connectivity index (χ0v) is 21.6. The molecule has 2 fully saturated rings. The van der Waals surface area contributed by atoms with Gasteiger partial charge < -0.3 is 10.1 Å². The van der Waals surface area contributed by atoms with Crippen LogP contribution >= 0.6 is 0 Å². The Balaban J connectivity index is 1.15. The lowest BCUT2D eigenvalue weighted by Crippen LogP contribution is -2.41. The molecule has 2 aliphatic rings. The standard InChI is InChI=1S/C28H32FN3O4S/c1-18(19-5-10-22(29)11-6-19)30-28(33)20-7-12-23(13-8-20)32-37(34,35)25-14-15-26-21(17-25)9-16-27(31-26)36-24-3-2-4-24/h5-6,9-11,14-18,20,23-24,32H,2-4,7-8,12-13H2,1H3,(H,30,33)/t18-,20-,23-/m1/s1. The van der Waals surface area contributed by atoms with Gasteiger partial charge in [0.1, 0.15) is 11.9 Å². The van der Waals surface area contributed by atoms with Crippen molar-refractivity contribution in [2.45, 2.75) is 75.0 Å². The highest BCUT2D eigenvalue weighted by Crippen LogP contribution is 2.29. The van der Waals surface area contributed by atoms with Crippen LogP contribution in [0.1, 0.15) is 63.5 Å². The Bertz CT molecular complexity index is 1370. The third-order valence-electron chi connectivity index (χ3n) is 7.43. The fourth-order valence-corrected chi connectivity index (χ4v) is 6.24. The number of halogens is 1. The molecule has 3 aromatic rings. The molecule has 0 bridgehead atoms. The van der Waals surface area contributed by atoms with Crippen molar-refractivity contribution in [3.63, 3.8) is 0 Å². The molecule has 196 valence electrons. The van der Waals surface area contributed by atoms with Crippen LogP contribution < -0.4 is 14.8 Å². The Morgan fingerprint density at radius 1 is 1.00 bits per heavy atom. The number of amides is 1. The van der Waals surface area contributed by atoms with Crippen molar-refractivity contribution >= 4 is 26.8 Å². The number of sulfonamides is 1. The largest absolute Gasteiger partial charge is 0.474 e. The van der Waals surface area contributed by atoms with E-state index >= 15 is 0 Å². The maximum absolute atomic E-state index is 13.2. The SMILES string of the molecule is C[C@@H](NC(=O)[C@H]1CC[C@H](NS(=O)(=O)c2ccc3nc(OC4CCC4)ccc3c2)CC1)c1ccc(F)cc1. The van der Waals surface area contributed by atoms with Crippen LogP contribution in [0.2, 0.25) is 0 Å². The number of pyridine rings is 1. The topological polar surface area (TPSA) is 97.4 Å². The molecular formula is C28H32FN3O4S. The third kappa shape index (κ3) is 6.10. The van der Waals surface area contributed by atoms with E-state index in [1.807, 2.05) is 13.0 Å². The molecular weight excluding hydrogens is 493 g/mol. The van der Waals surface area contributed by atoms with Crippen LogP contribution in [0.5, 0.6) is 5.88 Å². The normalized spacial score (nSPS) is 21.2. The Morgan fingerprint density at radius 3 is 2.41 bits per heavy atom. The average Bonchev–Trinajstić information content (AvgIpc) is 2.86. The quantitative estimate of drug-likeness (QED) is 0.430. The number of nitrogens with one attached hydrogen (secondary N) is 2. The van der Waals surface area contributed by atoms with Crippen molar-refractivity contribution < 1.29 is 22.3 Å². The van der Waals surface area contributed by atoms with Gasteiger partial charge in [-0.05, 0) is 93.8 Å². The number of nitrogens with zero attached hydrogens (tertiary/aromatic N) is 1. The van der Waals surface area contributed by atoms with Crippen molar-refractivity contribution in [3.05, 3.63) is 66.0 Å². The molecule has 1 aromatic heterocycles. The van der Waals surface area contributed by atoms with E-state index in [-0.39, 0.29) is 40.7 Å². The molecule has 2 saturated carbocycles. The lowest BCUT2D eigenvalue weighted by molar-refractivity contribution is -0.126. The summed E-state index contributed by atoms with van der Waals surface area (Å²) in [6.45, 7) is 1.87. The van der Waals surface area contributed by atoms with E-state index < -0.39 is 10.0 Å². The number of fused-ring (bicyclic) bond motifs is 1. The summed E-state index contributed by atoms with van der Waals surface area (Å²) < 4.78 is 48.0. The molecule has 1 atom stereocenters. The van der Waals surface area contributed by atoms with Gasteiger partial charge >= 0.3 is 0 Å². The number of rotatable bonds is 8. The molecule has 2 aliphatic carbocycles. The lowest BCUT2D eigenvalue weighted by atomic mass is 9.85. The van der Waals surface area contributed by atoms with Crippen LogP contribution in [0.25, 0.3) is 10.9 Å². The van der Waals surface area contributed by atoms with E-state index in [1.54, 1.807) is 36.4 Å². The number of ether oxygens (including phenoxy) is 1. The maximum Gasteiger partial charge on any atom is 0.240 e. The predicted octanol–water partition coefficient (Wildman–Crippen LogP) is 5.02. The van der Waals surface area contributed by atoms with Crippen molar-refractivity contribution in [2.24, 2.45) is 5.92 Å². The second-order valence-electron chi connectivity index (χ2n) is 10.1. The number of benzene rings is 2. The van der Waals surface area contributed by atoms with Crippen LogP contribution in [-0.2, 0) is 14.8 Å². The zero-order valence-electron chi connectivity index (χ0n) is 20.8. The number of aromatic nitrogens is 1. The van der Waals surface area contributed by atoms with Gasteiger partial charge in [-0.2, -0.15) is 0 Å². The van der Waals surface area contributed by atoms with E-state index in [0.717, 1.165) is 23.8 Å². The minimum atomic E-state index is -3.71. The van der Waals surface area contributed by atoms with Gasteiger partial charge in [-0.15, -0.1) is 0 Å². The summed E-state index contributed by atoms with van der Waals surface area (Å²) in [6.07, 6.45) is 5.86. The molecule has 0 radical (unpaired) electrons. The third-order valence-corrected chi connectivity index (χ3v) is 8.95. The monoisotopic (exact) mass is 525 g/mol. The Hall–Kier alpha value is -3.04. The fourth-order valence-electron chi connectivity index (χ4n) is 4.90. The summed E-state index contributed by atoms with van der Waals surface area (Å²) in [5, 5.41) is 3.73. The van der Waals surface area contributed by atoms with Gasteiger partial charge in [0.15, 0.2) is 0 Å². The summed E-state index contributed by atoms with van der Waals surface area (Å²) in [7, 11) is -3.71. The van der Waals surface area contributed by atoms with Crippen molar-refractivity contribution in [1.29, 1.82) is 0 Å². The molecule has 7 nitrogen and oxygen atoms in total. The molecule has 37 heavy (non-hydrogen) atoms. The summed E-state index contributed by atoms with van der Waals surface area (Å²) in [5.41, 5.74) is 1.53. The average molecular weight is 526 g/mol. The second kappa shape index (κ2) is 10.8. The van der Waals surface area contributed by atoms with Crippen molar-refractivity contribution in [2.75, 3.05) is 0 Å². The summed E-state index contributed by atoms with van der Waals surface area (Å²) in [4.78, 5) is 17.5. The molecule has 9 heteroatoms. The van der Waals surface area contributed by atoms with E-state index in [2.05, 4.69) is 15.0 Å². The van der Waals surface area contributed by atoms with Crippen LogP contribution in [0.3, 0.4) is 0 Å². The number of carbonyl (C=O) groups is 1.